The minimum absolute atomic E-state index is 0.206. The number of hydrogen-bond acceptors (Lipinski definition) is 2. The van der Waals surface area contributed by atoms with E-state index >= 15 is 0 Å². The number of anilines is 1. The highest BCUT2D eigenvalue weighted by Gasteiger charge is 2.05. The average Bonchev–Trinajstić information content (AvgIpc) is 2.47. The first-order chi connectivity index (χ1) is 10.1. The van der Waals surface area contributed by atoms with Gasteiger partial charge in [-0.2, -0.15) is 0 Å². The number of halogens is 2. The highest BCUT2D eigenvalue weighted by atomic mass is 35.5. The van der Waals surface area contributed by atoms with Crippen molar-refractivity contribution in [2.75, 3.05) is 11.9 Å². The Morgan fingerprint density at radius 1 is 1.19 bits per heavy atom. The molecule has 0 heterocycles. The van der Waals surface area contributed by atoms with Gasteiger partial charge >= 0.3 is 0 Å². The van der Waals surface area contributed by atoms with Crippen LogP contribution in [0, 0.1) is 12.7 Å². The van der Waals surface area contributed by atoms with E-state index in [0.717, 1.165) is 17.7 Å². The summed E-state index contributed by atoms with van der Waals surface area (Å²) in [6, 6.07) is 10.6. The van der Waals surface area contributed by atoms with Gasteiger partial charge in [0, 0.05) is 17.8 Å². The largest absolute Gasteiger partial charge is 0.492 e. The molecule has 0 atom stereocenters. The maximum atomic E-state index is 13.7. The van der Waals surface area contributed by atoms with Crippen molar-refractivity contribution in [2.45, 2.75) is 26.8 Å². The van der Waals surface area contributed by atoms with Crippen LogP contribution >= 0.6 is 11.6 Å². The van der Waals surface area contributed by atoms with Gasteiger partial charge in [-0.05, 0) is 37.6 Å². The zero-order valence-corrected chi connectivity index (χ0v) is 13.0. The first-order valence-corrected chi connectivity index (χ1v) is 7.39. The zero-order valence-electron chi connectivity index (χ0n) is 12.2. The molecule has 0 aromatic heterocycles. The SMILES string of the molecule is CCCOc1ccc(NCc2cc(C)ccc2F)cc1Cl. The summed E-state index contributed by atoms with van der Waals surface area (Å²) in [6.45, 7) is 5.04. The third-order valence-electron chi connectivity index (χ3n) is 3.08. The van der Waals surface area contributed by atoms with Crippen molar-refractivity contribution >= 4 is 17.3 Å². The van der Waals surface area contributed by atoms with Crippen molar-refractivity contribution in [1.29, 1.82) is 0 Å². The van der Waals surface area contributed by atoms with Gasteiger partial charge in [0.05, 0.1) is 11.6 Å². The summed E-state index contributed by atoms with van der Waals surface area (Å²) in [4.78, 5) is 0. The number of nitrogens with one attached hydrogen (secondary N) is 1. The quantitative estimate of drug-likeness (QED) is 0.793. The van der Waals surface area contributed by atoms with Gasteiger partial charge in [-0.1, -0.05) is 36.2 Å². The second kappa shape index (κ2) is 7.32. The van der Waals surface area contributed by atoms with Gasteiger partial charge in [0.15, 0.2) is 0 Å². The molecular formula is C17H19ClFNO. The molecule has 0 saturated heterocycles. The Balaban J connectivity index is 2.03. The molecule has 0 bridgehead atoms. The summed E-state index contributed by atoms with van der Waals surface area (Å²) in [6.07, 6.45) is 0.933. The minimum Gasteiger partial charge on any atom is -0.492 e. The van der Waals surface area contributed by atoms with Gasteiger partial charge in [0.1, 0.15) is 11.6 Å². The van der Waals surface area contributed by atoms with Gasteiger partial charge in [-0.25, -0.2) is 4.39 Å². The van der Waals surface area contributed by atoms with E-state index in [1.807, 2.05) is 32.0 Å². The van der Waals surface area contributed by atoms with Crippen molar-refractivity contribution in [1.82, 2.24) is 0 Å². The molecular weight excluding hydrogens is 289 g/mol. The Kier molecular flexibility index (Phi) is 5.45. The summed E-state index contributed by atoms with van der Waals surface area (Å²) < 4.78 is 19.2. The fraction of sp³-hybridized carbons (Fsp3) is 0.294. The van der Waals surface area contributed by atoms with Crippen LogP contribution < -0.4 is 10.1 Å². The number of benzene rings is 2. The fourth-order valence-electron chi connectivity index (χ4n) is 1.98. The molecule has 0 saturated carbocycles. The van der Waals surface area contributed by atoms with E-state index in [9.17, 15) is 4.39 Å². The third kappa shape index (κ3) is 4.36. The highest BCUT2D eigenvalue weighted by Crippen LogP contribution is 2.28. The smallest absolute Gasteiger partial charge is 0.138 e. The molecule has 1 N–H and O–H groups in total. The predicted octanol–water partition coefficient (Wildman–Crippen LogP) is 5.19. The standard InChI is InChI=1S/C17H19ClFNO/c1-3-8-21-17-7-5-14(10-15(17)18)20-11-13-9-12(2)4-6-16(13)19/h4-7,9-10,20H,3,8,11H2,1-2H3. The lowest BCUT2D eigenvalue weighted by molar-refractivity contribution is 0.317. The van der Waals surface area contributed by atoms with Gasteiger partial charge in [0.2, 0.25) is 0 Å². The van der Waals surface area contributed by atoms with Crippen LogP contribution in [0.3, 0.4) is 0 Å². The first-order valence-electron chi connectivity index (χ1n) is 7.01. The number of rotatable bonds is 6. The van der Waals surface area contributed by atoms with E-state index in [1.54, 1.807) is 12.1 Å². The van der Waals surface area contributed by atoms with Crippen molar-refractivity contribution in [2.24, 2.45) is 0 Å². The van der Waals surface area contributed by atoms with Gasteiger partial charge < -0.3 is 10.1 Å². The number of aryl methyl sites for hydroxylation is 1. The summed E-state index contributed by atoms with van der Waals surface area (Å²) in [5.74, 6) is 0.466. The highest BCUT2D eigenvalue weighted by molar-refractivity contribution is 6.32. The molecule has 0 amide bonds. The molecule has 0 fully saturated rings. The van der Waals surface area contributed by atoms with E-state index in [-0.39, 0.29) is 5.82 Å². The number of ether oxygens (including phenoxy) is 1. The predicted molar refractivity (Wildman–Crippen MR) is 85.7 cm³/mol. The molecule has 112 valence electrons. The molecule has 2 nitrogen and oxygen atoms in total. The second-order valence-electron chi connectivity index (χ2n) is 4.94. The first kappa shape index (κ1) is 15.6. The van der Waals surface area contributed by atoms with Crippen LogP contribution in [0.2, 0.25) is 5.02 Å². The van der Waals surface area contributed by atoms with Crippen LogP contribution in [0.1, 0.15) is 24.5 Å². The lowest BCUT2D eigenvalue weighted by atomic mass is 10.1. The topological polar surface area (TPSA) is 21.3 Å². The average molecular weight is 308 g/mol. The Morgan fingerprint density at radius 2 is 2.00 bits per heavy atom. The van der Waals surface area contributed by atoms with Gasteiger partial charge in [-0.15, -0.1) is 0 Å². The molecule has 2 aromatic rings. The number of hydrogen-bond donors (Lipinski definition) is 1. The summed E-state index contributed by atoms with van der Waals surface area (Å²) in [5, 5.41) is 3.73. The Morgan fingerprint density at radius 3 is 2.71 bits per heavy atom. The van der Waals surface area contributed by atoms with Crippen LogP contribution in [0.15, 0.2) is 36.4 Å². The normalized spacial score (nSPS) is 10.5. The Labute approximate surface area is 129 Å². The zero-order chi connectivity index (χ0) is 15.2. The van der Waals surface area contributed by atoms with Crippen molar-refractivity contribution in [3.05, 3.63) is 58.4 Å². The van der Waals surface area contributed by atoms with Crippen molar-refractivity contribution < 1.29 is 9.13 Å². The van der Waals surface area contributed by atoms with Crippen LogP contribution in [-0.2, 0) is 6.54 Å². The van der Waals surface area contributed by atoms with E-state index in [2.05, 4.69) is 5.32 Å². The molecule has 0 aliphatic rings. The molecule has 0 radical (unpaired) electrons. The van der Waals surface area contributed by atoms with Crippen LogP contribution in [-0.4, -0.2) is 6.61 Å². The second-order valence-corrected chi connectivity index (χ2v) is 5.35. The molecule has 4 heteroatoms. The lowest BCUT2D eigenvalue weighted by Crippen LogP contribution is -2.02. The molecule has 2 aromatic carbocycles. The maximum Gasteiger partial charge on any atom is 0.138 e. The Hall–Kier alpha value is -1.74. The third-order valence-corrected chi connectivity index (χ3v) is 3.37. The molecule has 0 aliphatic heterocycles. The summed E-state index contributed by atoms with van der Waals surface area (Å²) >= 11 is 6.16. The van der Waals surface area contributed by atoms with E-state index < -0.39 is 0 Å². The van der Waals surface area contributed by atoms with Crippen LogP contribution in [0.4, 0.5) is 10.1 Å². The lowest BCUT2D eigenvalue weighted by Gasteiger charge is -2.11. The Bertz CT molecular complexity index is 616. The van der Waals surface area contributed by atoms with Crippen LogP contribution in [0.5, 0.6) is 5.75 Å². The minimum atomic E-state index is -0.206. The van der Waals surface area contributed by atoms with E-state index in [0.29, 0.717) is 29.5 Å². The molecule has 0 spiro atoms. The molecule has 0 unspecified atom stereocenters. The van der Waals surface area contributed by atoms with Crippen LogP contribution in [0.25, 0.3) is 0 Å². The summed E-state index contributed by atoms with van der Waals surface area (Å²) in [7, 11) is 0. The van der Waals surface area contributed by atoms with E-state index in [1.165, 1.54) is 6.07 Å². The monoisotopic (exact) mass is 307 g/mol. The molecule has 0 aliphatic carbocycles. The summed E-state index contributed by atoms with van der Waals surface area (Å²) in [5.41, 5.74) is 2.51. The van der Waals surface area contributed by atoms with Gasteiger partial charge in [-0.3, -0.25) is 0 Å². The maximum absolute atomic E-state index is 13.7. The van der Waals surface area contributed by atoms with E-state index in [4.69, 9.17) is 16.3 Å². The molecule has 21 heavy (non-hydrogen) atoms. The van der Waals surface area contributed by atoms with Crippen molar-refractivity contribution in [3.8, 4) is 5.75 Å². The van der Waals surface area contributed by atoms with Crippen molar-refractivity contribution in [3.63, 3.8) is 0 Å². The fourth-order valence-corrected chi connectivity index (χ4v) is 2.21. The van der Waals surface area contributed by atoms with Gasteiger partial charge in [0.25, 0.3) is 0 Å². The molecule has 2 rings (SSSR count).